The summed E-state index contributed by atoms with van der Waals surface area (Å²) < 4.78 is 34.1. The fourth-order valence-electron chi connectivity index (χ4n) is 2.80. The molecule has 28 heavy (non-hydrogen) atoms. The summed E-state index contributed by atoms with van der Waals surface area (Å²) in [5.41, 5.74) is 0.991. The van der Waals surface area contributed by atoms with E-state index in [9.17, 15) is 8.42 Å². The van der Waals surface area contributed by atoms with Crippen LogP contribution < -0.4 is 10.6 Å². The highest BCUT2D eigenvalue weighted by Crippen LogP contribution is 2.14. The van der Waals surface area contributed by atoms with Crippen molar-refractivity contribution in [3.8, 4) is 0 Å². The quantitative estimate of drug-likeness (QED) is 0.223. The van der Waals surface area contributed by atoms with E-state index in [0.717, 1.165) is 57.8 Å². The molecule has 0 spiro atoms. The molecule has 0 saturated carbocycles. The van der Waals surface area contributed by atoms with Crippen molar-refractivity contribution in [3.05, 3.63) is 29.8 Å². The highest BCUT2D eigenvalue weighted by molar-refractivity contribution is 14.0. The third-order valence-electron chi connectivity index (χ3n) is 4.49. The number of nitrogens with one attached hydrogen (secondary N) is 2. The van der Waals surface area contributed by atoms with Gasteiger partial charge in [0.05, 0.1) is 4.90 Å². The van der Waals surface area contributed by atoms with Gasteiger partial charge in [-0.2, -0.15) is 0 Å². The molecule has 2 N–H and O–H groups in total. The van der Waals surface area contributed by atoms with E-state index < -0.39 is 9.84 Å². The minimum atomic E-state index is -3.16. The van der Waals surface area contributed by atoms with Crippen LogP contribution in [0.5, 0.6) is 0 Å². The van der Waals surface area contributed by atoms with Crippen LogP contribution in [0, 0.1) is 5.92 Å². The third-order valence-corrected chi connectivity index (χ3v) is 5.62. The number of sulfone groups is 1. The maximum absolute atomic E-state index is 11.5. The highest BCUT2D eigenvalue weighted by atomic mass is 127. The largest absolute Gasteiger partial charge is 0.381 e. The zero-order chi connectivity index (χ0) is 19.5. The first-order valence-corrected chi connectivity index (χ1v) is 11.3. The van der Waals surface area contributed by atoms with Gasteiger partial charge in [-0.05, 0) is 42.9 Å². The predicted molar refractivity (Wildman–Crippen MR) is 122 cm³/mol. The van der Waals surface area contributed by atoms with E-state index in [1.807, 2.05) is 0 Å². The molecule has 7 nitrogen and oxygen atoms in total. The molecule has 1 fully saturated rings. The number of aliphatic imine (C=N–C) groups is 1. The molecular weight excluding hydrogens is 493 g/mol. The predicted octanol–water partition coefficient (Wildman–Crippen LogP) is 2.21. The third kappa shape index (κ3) is 9.53. The second-order valence-electron chi connectivity index (χ2n) is 6.75. The molecule has 0 aromatic heterocycles. The van der Waals surface area contributed by atoms with Crippen molar-refractivity contribution in [3.63, 3.8) is 0 Å². The number of guanidine groups is 1. The standard InChI is InChI=1S/C19H31N3O4S.HI/c1-20-19(21-10-3-11-26-15-17-8-12-25-13-9-17)22-14-16-4-6-18(7-5-16)27(2,23)24;/h4-7,17H,3,8-15H2,1-2H3,(H2,20,21,22);1H. The van der Waals surface area contributed by atoms with E-state index in [1.54, 1.807) is 31.3 Å². The zero-order valence-electron chi connectivity index (χ0n) is 16.6. The molecule has 2 rings (SSSR count). The lowest BCUT2D eigenvalue weighted by molar-refractivity contribution is 0.0203. The molecule has 1 aliphatic heterocycles. The van der Waals surface area contributed by atoms with Gasteiger partial charge in [0.1, 0.15) is 0 Å². The lowest BCUT2D eigenvalue weighted by Crippen LogP contribution is -2.37. The van der Waals surface area contributed by atoms with Crippen molar-refractivity contribution in [2.75, 3.05) is 46.3 Å². The normalized spacial score (nSPS) is 15.7. The van der Waals surface area contributed by atoms with Gasteiger partial charge >= 0.3 is 0 Å². The van der Waals surface area contributed by atoms with Crippen molar-refractivity contribution in [2.24, 2.45) is 10.9 Å². The molecule has 9 heteroatoms. The summed E-state index contributed by atoms with van der Waals surface area (Å²) in [5.74, 6) is 1.35. The molecule has 0 bridgehead atoms. The van der Waals surface area contributed by atoms with Crippen molar-refractivity contribution in [1.29, 1.82) is 0 Å². The van der Waals surface area contributed by atoms with E-state index in [-0.39, 0.29) is 24.0 Å². The number of hydrogen-bond donors (Lipinski definition) is 2. The van der Waals surface area contributed by atoms with E-state index >= 15 is 0 Å². The minimum absolute atomic E-state index is 0. The van der Waals surface area contributed by atoms with Crippen LogP contribution in [0.25, 0.3) is 0 Å². The van der Waals surface area contributed by atoms with Gasteiger partial charge in [-0.15, -0.1) is 24.0 Å². The topological polar surface area (TPSA) is 89.0 Å². The van der Waals surface area contributed by atoms with E-state index in [4.69, 9.17) is 9.47 Å². The van der Waals surface area contributed by atoms with Gasteiger partial charge in [0.2, 0.25) is 0 Å². The molecule has 160 valence electrons. The monoisotopic (exact) mass is 525 g/mol. The Labute approximate surface area is 185 Å². The SMILES string of the molecule is CN=C(NCCCOCC1CCOCC1)NCc1ccc(S(C)(=O)=O)cc1.I. The summed E-state index contributed by atoms with van der Waals surface area (Å²) in [6, 6.07) is 6.86. The Hall–Kier alpha value is -0.910. The van der Waals surface area contributed by atoms with E-state index in [0.29, 0.717) is 23.3 Å². The Kier molecular flexibility index (Phi) is 12.0. The molecule has 1 aliphatic rings. The van der Waals surface area contributed by atoms with Gasteiger partial charge < -0.3 is 20.1 Å². The highest BCUT2D eigenvalue weighted by Gasteiger charge is 2.13. The summed E-state index contributed by atoms with van der Waals surface area (Å²) in [6.07, 6.45) is 4.31. The van der Waals surface area contributed by atoms with E-state index in [2.05, 4.69) is 15.6 Å². The Balaban J connectivity index is 0.00000392. The molecule has 1 aromatic carbocycles. The molecule has 0 radical (unpaired) electrons. The Bertz CT molecular complexity index is 690. The van der Waals surface area contributed by atoms with Gasteiger partial charge in [0.25, 0.3) is 0 Å². The Morgan fingerprint density at radius 3 is 2.50 bits per heavy atom. The molecular formula is C19H32IN3O4S. The molecule has 0 aliphatic carbocycles. The van der Waals surface area contributed by atoms with Crippen LogP contribution in [0.4, 0.5) is 0 Å². The number of benzene rings is 1. The second-order valence-corrected chi connectivity index (χ2v) is 8.77. The maximum atomic E-state index is 11.5. The fourth-order valence-corrected chi connectivity index (χ4v) is 3.44. The lowest BCUT2D eigenvalue weighted by Gasteiger charge is -2.21. The van der Waals surface area contributed by atoms with Crippen molar-refractivity contribution < 1.29 is 17.9 Å². The second kappa shape index (κ2) is 13.3. The average Bonchev–Trinajstić information content (AvgIpc) is 2.67. The molecule has 1 heterocycles. The zero-order valence-corrected chi connectivity index (χ0v) is 19.8. The smallest absolute Gasteiger partial charge is 0.191 e. The lowest BCUT2D eigenvalue weighted by atomic mass is 10.0. The number of halogens is 1. The number of hydrogen-bond acceptors (Lipinski definition) is 5. The summed E-state index contributed by atoms with van der Waals surface area (Å²) in [7, 11) is -1.43. The van der Waals surface area contributed by atoms with Crippen LogP contribution in [0.1, 0.15) is 24.8 Å². The van der Waals surface area contributed by atoms with Crippen molar-refractivity contribution >= 4 is 39.8 Å². The first kappa shape index (κ1) is 25.1. The van der Waals surface area contributed by atoms with Crippen molar-refractivity contribution in [1.82, 2.24) is 10.6 Å². The number of ether oxygens (including phenoxy) is 2. The maximum Gasteiger partial charge on any atom is 0.191 e. The summed E-state index contributed by atoms with van der Waals surface area (Å²) >= 11 is 0. The van der Waals surface area contributed by atoms with E-state index in [1.165, 1.54) is 6.26 Å². The first-order valence-electron chi connectivity index (χ1n) is 9.38. The molecule has 1 aromatic rings. The first-order chi connectivity index (χ1) is 13.0. The van der Waals surface area contributed by atoms with Gasteiger partial charge in [-0.1, -0.05) is 12.1 Å². The molecule has 1 saturated heterocycles. The van der Waals surface area contributed by atoms with Crippen LogP contribution in [-0.4, -0.2) is 60.7 Å². The van der Waals surface area contributed by atoms with Crippen LogP contribution >= 0.6 is 24.0 Å². The Morgan fingerprint density at radius 1 is 1.21 bits per heavy atom. The van der Waals surface area contributed by atoms with Crippen LogP contribution in [-0.2, 0) is 25.9 Å². The van der Waals surface area contributed by atoms with Gasteiger partial charge in [0, 0.05) is 52.8 Å². The summed E-state index contributed by atoms with van der Waals surface area (Å²) in [5, 5.41) is 6.48. The summed E-state index contributed by atoms with van der Waals surface area (Å²) in [4.78, 5) is 4.52. The van der Waals surface area contributed by atoms with Crippen LogP contribution in [0.15, 0.2) is 34.2 Å². The molecule has 0 amide bonds. The van der Waals surface area contributed by atoms with Gasteiger partial charge in [0.15, 0.2) is 15.8 Å². The Morgan fingerprint density at radius 2 is 1.89 bits per heavy atom. The van der Waals surface area contributed by atoms with Gasteiger partial charge in [-0.3, -0.25) is 4.99 Å². The minimum Gasteiger partial charge on any atom is -0.381 e. The number of rotatable bonds is 9. The van der Waals surface area contributed by atoms with Crippen LogP contribution in [0.2, 0.25) is 0 Å². The molecule has 0 atom stereocenters. The fraction of sp³-hybridized carbons (Fsp3) is 0.632. The van der Waals surface area contributed by atoms with Gasteiger partial charge in [-0.25, -0.2) is 8.42 Å². The number of nitrogens with zero attached hydrogens (tertiary/aromatic N) is 1. The van der Waals surface area contributed by atoms with Crippen LogP contribution in [0.3, 0.4) is 0 Å². The average molecular weight is 525 g/mol. The van der Waals surface area contributed by atoms with Crippen molar-refractivity contribution in [2.45, 2.75) is 30.7 Å². The summed E-state index contributed by atoms with van der Waals surface area (Å²) in [6.45, 7) is 4.61. The molecule has 0 unspecified atom stereocenters.